The first kappa shape index (κ1) is 11.8. The van der Waals surface area contributed by atoms with Gasteiger partial charge in [0.05, 0.1) is 17.8 Å². The van der Waals surface area contributed by atoms with Crippen molar-refractivity contribution >= 4 is 10.9 Å². The molecule has 0 amide bonds. The number of nitrogens with zero attached hydrogens (tertiary/aromatic N) is 2. The Hall–Kier alpha value is -1.68. The number of nitrogens with two attached hydrogens (primary N) is 1. The molecule has 4 heteroatoms. The summed E-state index contributed by atoms with van der Waals surface area (Å²) in [6.45, 7) is 2.73. The summed E-state index contributed by atoms with van der Waals surface area (Å²) in [6, 6.07) is 7.83. The Morgan fingerprint density at radius 2 is 2.18 bits per heavy atom. The third kappa shape index (κ3) is 2.22. The zero-order valence-corrected chi connectivity index (χ0v) is 9.97. The van der Waals surface area contributed by atoms with Crippen LogP contribution in [0.5, 0.6) is 0 Å². The quantitative estimate of drug-likeness (QED) is 0.871. The fourth-order valence-electron chi connectivity index (χ4n) is 2.11. The van der Waals surface area contributed by atoms with E-state index >= 15 is 0 Å². The predicted molar refractivity (Wildman–Crippen MR) is 69.0 cm³/mol. The van der Waals surface area contributed by atoms with Crippen LogP contribution in [-0.4, -0.2) is 16.3 Å². The van der Waals surface area contributed by atoms with Crippen molar-refractivity contribution in [3.8, 4) is 0 Å². The van der Waals surface area contributed by atoms with E-state index in [1.807, 2.05) is 28.9 Å². The van der Waals surface area contributed by atoms with Gasteiger partial charge in [-0.25, -0.2) is 0 Å². The van der Waals surface area contributed by atoms with Gasteiger partial charge in [0, 0.05) is 5.39 Å². The number of hydrogen-bond donors (Lipinski definition) is 1. The Bertz CT molecular complexity index is 562. The van der Waals surface area contributed by atoms with Crippen molar-refractivity contribution < 1.29 is 0 Å². The fraction of sp³-hybridized carbons (Fsp3) is 0.385. The third-order valence-corrected chi connectivity index (χ3v) is 3.03. The highest BCUT2D eigenvalue weighted by molar-refractivity contribution is 5.78. The molecule has 0 saturated carbocycles. The maximum atomic E-state index is 11.7. The van der Waals surface area contributed by atoms with E-state index in [1.165, 1.54) is 6.20 Å². The lowest BCUT2D eigenvalue weighted by Crippen LogP contribution is -2.19. The summed E-state index contributed by atoms with van der Waals surface area (Å²) >= 11 is 0. The fourth-order valence-corrected chi connectivity index (χ4v) is 2.11. The van der Waals surface area contributed by atoms with Crippen LogP contribution in [0, 0.1) is 0 Å². The number of benzene rings is 1. The second kappa shape index (κ2) is 5.10. The lowest BCUT2D eigenvalue weighted by molar-refractivity contribution is 0.425. The van der Waals surface area contributed by atoms with E-state index in [4.69, 9.17) is 5.73 Å². The van der Waals surface area contributed by atoms with Crippen LogP contribution in [0.4, 0.5) is 0 Å². The number of aromatic nitrogens is 2. The molecule has 0 bridgehead atoms. The van der Waals surface area contributed by atoms with Crippen LogP contribution >= 0.6 is 0 Å². The molecule has 90 valence electrons. The highest BCUT2D eigenvalue weighted by atomic mass is 16.1. The topological polar surface area (TPSA) is 60.9 Å². The van der Waals surface area contributed by atoms with Crippen molar-refractivity contribution in [1.82, 2.24) is 9.78 Å². The molecule has 0 saturated heterocycles. The summed E-state index contributed by atoms with van der Waals surface area (Å²) in [4.78, 5) is 11.7. The Morgan fingerprint density at radius 1 is 1.41 bits per heavy atom. The lowest BCUT2D eigenvalue weighted by atomic mass is 10.1. The summed E-state index contributed by atoms with van der Waals surface area (Å²) in [5.41, 5.74) is 6.47. The van der Waals surface area contributed by atoms with Gasteiger partial charge in [0.25, 0.3) is 0 Å². The minimum absolute atomic E-state index is 0.0283. The average Bonchev–Trinajstić information content (AvgIpc) is 2.37. The minimum atomic E-state index is -0.0283. The average molecular weight is 231 g/mol. The van der Waals surface area contributed by atoms with Gasteiger partial charge in [0.1, 0.15) is 0 Å². The van der Waals surface area contributed by atoms with E-state index in [9.17, 15) is 4.79 Å². The van der Waals surface area contributed by atoms with Gasteiger partial charge < -0.3 is 5.73 Å². The smallest absolute Gasteiger partial charge is 0.207 e. The van der Waals surface area contributed by atoms with E-state index in [2.05, 4.69) is 12.0 Å². The molecule has 2 aromatic rings. The second-order valence-electron chi connectivity index (χ2n) is 4.11. The van der Waals surface area contributed by atoms with Gasteiger partial charge in [-0.2, -0.15) is 5.10 Å². The summed E-state index contributed by atoms with van der Waals surface area (Å²) in [5, 5.41) is 4.97. The Morgan fingerprint density at radius 3 is 2.88 bits per heavy atom. The molecule has 0 aliphatic heterocycles. The van der Waals surface area contributed by atoms with Crippen LogP contribution < -0.4 is 11.2 Å². The zero-order valence-electron chi connectivity index (χ0n) is 9.97. The van der Waals surface area contributed by atoms with Crippen molar-refractivity contribution in [3.63, 3.8) is 0 Å². The Labute approximate surface area is 100 Å². The van der Waals surface area contributed by atoms with E-state index in [1.54, 1.807) is 0 Å². The molecular weight excluding hydrogens is 214 g/mol. The van der Waals surface area contributed by atoms with E-state index < -0.39 is 0 Å². The first-order chi connectivity index (χ1) is 8.27. The highest BCUT2D eigenvalue weighted by Gasteiger charge is 2.11. The van der Waals surface area contributed by atoms with Gasteiger partial charge in [0.15, 0.2) is 0 Å². The summed E-state index contributed by atoms with van der Waals surface area (Å²) < 4.78 is 1.92. The van der Waals surface area contributed by atoms with Gasteiger partial charge in [-0.3, -0.25) is 9.48 Å². The molecule has 1 atom stereocenters. The number of hydrogen-bond acceptors (Lipinski definition) is 3. The molecule has 0 aliphatic rings. The van der Waals surface area contributed by atoms with Crippen molar-refractivity contribution in [2.75, 3.05) is 6.54 Å². The highest BCUT2D eigenvalue weighted by Crippen LogP contribution is 2.18. The van der Waals surface area contributed by atoms with Crippen LogP contribution in [-0.2, 0) is 0 Å². The van der Waals surface area contributed by atoms with Gasteiger partial charge in [-0.1, -0.05) is 19.1 Å². The molecule has 2 rings (SSSR count). The Balaban J connectivity index is 2.61. The maximum absolute atomic E-state index is 11.7. The van der Waals surface area contributed by atoms with Crippen molar-refractivity contribution in [2.45, 2.75) is 25.8 Å². The van der Waals surface area contributed by atoms with E-state index in [0.29, 0.717) is 6.54 Å². The molecule has 1 aromatic heterocycles. The molecular formula is C13H17N3O. The maximum Gasteiger partial charge on any atom is 0.207 e. The standard InChI is InChI=1S/C13H17N3O/c1-2-10(7-8-14)16-12-6-4-3-5-11(12)13(17)9-15-16/h3-6,9-10H,2,7-8,14H2,1H3. The molecule has 1 aromatic carbocycles. The van der Waals surface area contributed by atoms with Gasteiger partial charge in [0.2, 0.25) is 5.43 Å². The lowest BCUT2D eigenvalue weighted by Gasteiger charge is -2.18. The second-order valence-corrected chi connectivity index (χ2v) is 4.11. The summed E-state index contributed by atoms with van der Waals surface area (Å²) in [6.07, 6.45) is 3.22. The van der Waals surface area contributed by atoms with Crippen molar-refractivity contribution in [1.29, 1.82) is 0 Å². The van der Waals surface area contributed by atoms with Crippen LogP contribution in [0.25, 0.3) is 10.9 Å². The molecule has 0 fully saturated rings. The molecule has 4 nitrogen and oxygen atoms in total. The minimum Gasteiger partial charge on any atom is -0.330 e. The van der Waals surface area contributed by atoms with Crippen molar-refractivity contribution in [2.24, 2.45) is 5.73 Å². The summed E-state index contributed by atoms with van der Waals surface area (Å²) in [5.74, 6) is 0. The third-order valence-electron chi connectivity index (χ3n) is 3.03. The summed E-state index contributed by atoms with van der Waals surface area (Å²) in [7, 11) is 0. The zero-order chi connectivity index (χ0) is 12.3. The molecule has 17 heavy (non-hydrogen) atoms. The van der Waals surface area contributed by atoms with E-state index in [0.717, 1.165) is 23.7 Å². The number of para-hydroxylation sites is 1. The van der Waals surface area contributed by atoms with Crippen LogP contribution in [0.3, 0.4) is 0 Å². The first-order valence-corrected chi connectivity index (χ1v) is 5.94. The monoisotopic (exact) mass is 231 g/mol. The molecule has 0 radical (unpaired) electrons. The number of rotatable bonds is 4. The van der Waals surface area contributed by atoms with Gasteiger partial charge >= 0.3 is 0 Å². The molecule has 1 unspecified atom stereocenters. The predicted octanol–water partition coefficient (Wildman–Crippen LogP) is 1.70. The first-order valence-electron chi connectivity index (χ1n) is 5.94. The molecule has 2 N–H and O–H groups in total. The van der Waals surface area contributed by atoms with Crippen LogP contribution in [0.15, 0.2) is 35.3 Å². The van der Waals surface area contributed by atoms with Gasteiger partial charge in [-0.15, -0.1) is 0 Å². The van der Waals surface area contributed by atoms with Gasteiger partial charge in [-0.05, 0) is 31.5 Å². The van der Waals surface area contributed by atoms with E-state index in [-0.39, 0.29) is 11.5 Å². The Kier molecular flexibility index (Phi) is 3.54. The molecule has 0 spiro atoms. The van der Waals surface area contributed by atoms with Crippen molar-refractivity contribution in [3.05, 3.63) is 40.7 Å². The molecule has 1 heterocycles. The van der Waals surface area contributed by atoms with Crippen LogP contribution in [0.1, 0.15) is 25.8 Å². The number of fused-ring (bicyclic) bond motifs is 1. The normalized spacial score (nSPS) is 12.8. The van der Waals surface area contributed by atoms with Crippen LogP contribution in [0.2, 0.25) is 0 Å². The SMILES string of the molecule is CCC(CCN)n1ncc(=O)c2ccccc21. The molecule has 0 aliphatic carbocycles. The largest absolute Gasteiger partial charge is 0.330 e.